The van der Waals surface area contributed by atoms with Crippen LogP contribution in [0.25, 0.3) is 0 Å². The first kappa shape index (κ1) is 12.4. The molecule has 0 spiro atoms. The van der Waals surface area contributed by atoms with Gasteiger partial charge in [0.15, 0.2) is 0 Å². The zero-order valence-electron chi connectivity index (χ0n) is 10.9. The number of hydrogen-bond donors (Lipinski definition) is 1. The summed E-state index contributed by atoms with van der Waals surface area (Å²) in [6.07, 6.45) is 5.31. The van der Waals surface area contributed by atoms with Gasteiger partial charge >= 0.3 is 0 Å². The molecule has 0 unspecified atom stereocenters. The van der Waals surface area contributed by atoms with Crippen molar-refractivity contribution in [1.29, 1.82) is 0 Å². The Hall–Kier alpha value is -1.02. The van der Waals surface area contributed by atoms with Gasteiger partial charge in [-0.25, -0.2) is 0 Å². The summed E-state index contributed by atoms with van der Waals surface area (Å²) in [5.74, 6) is 0.977. The molecule has 2 rings (SSSR count). The van der Waals surface area contributed by atoms with Crippen LogP contribution in [0.4, 0.5) is 0 Å². The van der Waals surface area contributed by atoms with Crippen LogP contribution in [0.2, 0.25) is 0 Å². The maximum absolute atomic E-state index is 6.05. The van der Waals surface area contributed by atoms with Crippen molar-refractivity contribution in [2.45, 2.75) is 52.2 Å². The van der Waals surface area contributed by atoms with Crippen molar-refractivity contribution in [3.8, 4) is 5.75 Å². The van der Waals surface area contributed by atoms with E-state index in [9.17, 15) is 0 Å². The van der Waals surface area contributed by atoms with E-state index < -0.39 is 0 Å². The van der Waals surface area contributed by atoms with Gasteiger partial charge in [0.05, 0.1) is 6.10 Å². The van der Waals surface area contributed by atoms with Crippen LogP contribution in [0.5, 0.6) is 5.75 Å². The van der Waals surface area contributed by atoms with Crippen LogP contribution in [0.1, 0.15) is 45.1 Å². The van der Waals surface area contributed by atoms with E-state index in [1.165, 1.54) is 19.3 Å². The number of hydrogen-bond acceptors (Lipinski definition) is 2. The van der Waals surface area contributed by atoms with Crippen molar-refractivity contribution in [1.82, 2.24) is 0 Å². The van der Waals surface area contributed by atoms with Crippen molar-refractivity contribution in [3.63, 3.8) is 0 Å². The zero-order chi connectivity index (χ0) is 12.3. The van der Waals surface area contributed by atoms with Gasteiger partial charge in [-0.2, -0.15) is 0 Å². The normalized spacial score (nSPS) is 23.4. The molecule has 1 fully saturated rings. The first-order chi connectivity index (χ1) is 8.09. The fraction of sp³-hybridized carbons (Fsp3) is 0.600. The van der Waals surface area contributed by atoms with Gasteiger partial charge in [0, 0.05) is 6.54 Å². The van der Waals surface area contributed by atoms with Crippen LogP contribution in [0.3, 0.4) is 0 Å². The van der Waals surface area contributed by atoms with Crippen LogP contribution in [-0.4, -0.2) is 6.10 Å². The Bertz CT molecular complexity index is 356. The first-order valence-corrected chi connectivity index (χ1v) is 6.55. The molecule has 17 heavy (non-hydrogen) atoms. The molecule has 1 aromatic carbocycles. The molecule has 0 bridgehead atoms. The minimum Gasteiger partial charge on any atom is -0.490 e. The lowest BCUT2D eigenvalue weighted by Gasteiger charge is -2.35. The van der Waals surface area contributed by atoms with Crippen molar-refractivity contribution in [3.05, 3.63) is 29.8 Å². The summed E-state index contributed by atoms with van der Waals surface area (Å²) in [7, 11) is 0. The summed E-state index contributed by atoms with van der Waals surface area (Å²) in [5, 5.41) is 0. The van der Waals surface area contributed by atoms with Gasteiger partial charge in [-0.3, -0.25) is 0 Å². The minimum absolute atomic E-state index is 0.377. The molecule has 1 aliphatic carbocycles. The fourth-order valence-electron chi connectivity index (χ4n) is 2.63. The van der Waals surface area contributed by atoms with E-state index in [0.29, 0.717) is 18.1 Å². The highest BCUT2D eigenvalue weighted by atomic mass is 16.5. The maximum atomic E-state index is 6.05. The number of ether oxygens (including phenoxy) is 1. The fourth-order valence-corrected chi connectivity index (χ4v) is 2.63. The van der Waals surface area contributed by atoms with E-state index >= 15 is 0 Å². The maximum Gasteiger partial charge on any atom is 0.119 e. The van der Waals surface area contributed by atoms with Crippen LogP contribution < -0.4 is 10.5 Å². The van der Waals surface area contributed by atoms with Crippen molar-refractivity contribution in [2.24, 2.45) is 11.1 Å². The van der Waals surface area contributed by atoms with E-state index in [-0.39, 0.29) is 0 Å². The Kier molecular flexibility index (Phi) is 3.72. The third kappa shape index (κ3) is 3.47. The van der Waals surface area contributed by atoms with Gasteiger partial charge in [-0.05, 0) is 48.8 Å². The Morgan fingerprint density at radius 3 is 2.59 bits per heavy atom. The molecule has 1 saturated carbocycles. The van der Waals surface area contributed by atoms with Gasteiger partial charge in [-0.15, -0.1) is 0 Å². The average molecular weight is 233 g/mol. The summed E-state index contributed by atoms with van der Waals surface area (Å²) in [4.78, 5) is 0. The van der Waals surface area contributed by atoms with E-state index in [4.69, 9.17) is 10.5 Å². The third-order valence-electron chi connectivity index (χ3n) is 3.62. The van der Waals surface area contributed by atoms with Gasteiger partial charge in [-0.1, -0.05) is 26.0 Å². The highest BCUT2D eigenvalue weighted by molar-refractivity contribution is 5.27. The van der Waals surface area contributed by atoms with Crippen LogP contribution in [0.15, 0.2) is 24.3 Å². The van der Waals surface area contributed by atoms with E-state index in [2.05, 4.69) is 13.8 Å². The van der Waals surface area contributed by atoms with Gasteiger partial charge in [0.1, 0.15) is 5.75 Å². The molecule has 1 aromatic rings. The summed E-state index contributed by atoms with van der Waals surface area (Å²) in [6.45, 7) is 5.26. The Labute approximate surface area is 104 Å². The lowest BCUT2D eigenvalue weighted by molar-refractivity contribution is 0.0851. The molecule has 0 saturated heterocycles. The predicted octanol–water partition coefficient (Wildman–Crippen LogP) is 3.49. The molecule has 1 atom stereocenters. The summed E-state index contributed by atoms with van der Waals surface area (Å²) in [6, 6.07) is 8.15. The second-order valence-corrected chi connectivity index (χ2v) is 5.85. The monoisotopic (exact) mass is 233 g/mol. The molecule has 2 N–H and O–H groups in total. The molecule has 2 nitrogen and oxygen atoms in total. The average Bonchev–Trinajstić information content (AvgIpc) is 2.29. The Balaban J connectivity index is 1.95. The summed E-state index contributed by atoms with van der Waals surface area (Å²) in [5.41, 5.74) is 7.16. The molecule has 2 heteroatoms. The van der Waals surface area contributed by atoms with Crippen LogP contribution in [-0.2, 0) is 6.54 Å². The molecular weight excluding hydrogens is 210 g/mol. The molecule has 0 heterocycles. The van der Waals surface area contributed by atoms with E-state index in [1.807, 2.05) is 24.3 Å². The second kappa shape index (κ2) is 5.09. The van der Waals surface area contributed by atoms with Crippen molar-refractivity contribution >= 4 is 0 Å². The third-order valence-corrected chi connectivity index (χ3v) is 3.62. The molecule has 0 aliphatic heterocycles. The molecule has 94 valence electrons. The predicted molar refractivity (Wildman–Crippen MR) is 71.0 cm³/mol. The SMILES string of the molecule is CC1(C)CCC[C@@H](Oc2ccc(CN)cc2)C1. The second-order valence-electron chi connectivity index (χ2n) is 5.85. The molecular formula is C15H23NO. The number of benzene rings is 1. The summed E-state index contributed by atoms with van der Waals surface area (Å²) < 4.78 is 6.05. The first-order valence-electron chi connectivity index (χ1n) is 6.55. The highest BCUT2D eigenvalue weighted by Gasteiger charge is 2.28. The van der Waals surface area contributed by atoms with Crippen molar-refractivity contribution in [2.75, 3.05) is 0 Å². The molecule has 0 radical (unpaired) electrons. The lowest BCUT2D eigenvalue weighted by atomic mass is 9.76. The molecule has 0 aromatic heterocycles. The largest absolute Gasteiger partial charge is 0.490 e. The number of nitrogens with two attached hydrogens (primary N) is 1. The van der Waals surface area contributed by atoms with Crippen LogP contribution in [0, 0.1) is 5.41 Å². The zero-order valence-corrected chi connectivity index (χ0v) is 10.9. The quantitative estimate of drug-likeness (QED) is 0.867. The number of rotatable bonds is 3. The van der Waals surface area contributed by atoms with E-state index in [0.717, 1.165) is 17.7 Å². The molecule has 1 aliphatic rings. The van der Waals surface area contributed by atoms with E-state index in [1.54, 1.807) is 0 Å². The van der Waals surface area contributed by atoms with Gasteiger partial charge < -0.3 is 10.5 Å². The lowest BCUT2D eigenvalue weighted by Crippen LogP contribution is -2.30. The van der Waals surface area contributed by atoms with Gasteiger partial charge in [0.2, 0.25) is 0 Å². The smallest absolute Gasteiger partial charge is 0.119 e. The van der Waals surface area contributed by atoms with Gasteiger partial charge in [0.25, 0.3) is 0 Å². The topological polar surface area (TPSA) is 35.2 Å². The Morgan fingerprint density at radius 1 is 1.29 bits per heavy atom. The minimum atomic E-state index is 0.377. The highest BCUT2D eigenvalue weighted by Crippen LogP contribution is 2.36. The van der Waals surface area contributed by atoms with Crippen molar-refractivity contribution < 1.29 is 4.74 Å². The summed E-state index contributed by atoms with van der Waals surface area (Å²) >= 11 is 0. The Morgan fingerprint density at radius 2 is 2.00 bits per heavy atom. The molecule has 0 amide bonds. The van der Waals surface area contributed by atoms with Crippen LogP contribution >= 0.6 is 0 Å². The standard InChI is InChI=1S/C15H23NO/c1-15(2)9-3-4-14(10-15)17-13-7-5-12(11-16)6-8-13/h5-8,14H,3-4,9-11,16H2,1-2H3/t14-/m1/s1.